The van der Waals surface area contributed by atoms with Crippen LogP contribution in [0.25, 0.3) is 0 Å². The van der Waals surface area contributed by atoms with E-state index in [2.05, 4.69) is 20.8 Å². The van der Waals surface area contributed by atoms with E-state index in [0.29, 0.717) is 5.92 Å². The molecule has 0 aromatic carbocycles. The van der Waals surface area contributed by atoms with Crippen LogP contribution in [-0.2, 0) is 4.74 Å². The maximum Gasteiger partial charge on any atom is 0.0882 e. The molecule has 2 heteroatoms. The Morgan fingerprint density at radius 1 is 1.23 bits per heavy atom. The zero-order valence-electron chi connectivity index (χ0n) is 9.79. The summed E-state index contributed by atoms with van der Waals surface area (Å²) in [6, 6.07) is 0. The van der Waals surface area contributed by atoms with Crippen LogP contribution in [0.2, 0.25) is 0 Å². The predicted molar refractivity (Wildman–Crippen MR) is 55.8 cm³/mol. The van der Waals surface area contributed by atoms with Crippen molar-refractivity contribution in [1.29, 1.82) is 0 Å². The van der Waals surface area contributed by atoms with Crippen LogP contribution in [0.3, 0.4) is 0 Å². The van der Waals surface area contributed by atoms with Gasteiger partial charge in [0.05, 0.1) is 17.8 Å². The lowest BCUT2D eigenvalue weighted by molar-refractivity contribution is -0.133. The molecule has 13 heavy (non-hydrogen) atoms. The van der Waals surface area contributed by atoms with Crippen LogP contribution in [0, 0.1) is 5.92 Å². The maximum atomic E-state index is 9.87. The smallest absolute Gasteiger partial charge is 0.0882 e. The molecular formula is C11H24O2. The molecule has 0 aromatic rings. The molecule has 0 spiro atoms. The van der Waals surface area contributed by atoms with Gasteiger partial charge in [-0.2, -0.15) is 0 Å². The summed E-state index contributed by atoms with van der Waals surface area (Å²) in [5.74, 6) is 0.342. The molecule has 0 aliphatic carbocycles. The van der Waals surface area contributed by atoms with Crippen LogP contribution in [0.15, 0.2) is 0 Å². The van der Waals surface area contributed by atoms with Crippen molar-refractivity contribution in [3.63, 3.8) is 0 Å². The van der Waals surface area contributed by atoms with Gasteiger partial charge in [-0.05, 0) is 33.1 Å². The van der Waals surface area contributed by atoms with E-state index in [1.165, 1.54) is 0 Å². The second-order valence-corrected chi connectivity index (χ2v) is 4.67. The van der Waals surface area contributed by atoms with E-state index in [4.69, 9.17) is 4.74 Å². The van der Waals surface area contributed by atoms with E-state index in [-0.39, 0.29) is 12.2 Å². The van der Waals surface area contributed by atoms with Crippen molar-refractivity contribution in [1.82, 2.24) is 0 Å². The van der Waals surface area contributed by atoms with Crippen molar-refractivity contribution in [2.24, 2.45) is 5.92 Å². The summed E-state index contributed by atoms with van der Waals surface area (Å²) in [6.07, 6.45) is 1.13. The van der Waals surface area contributed by atoms with E-state index < -0.39 is 5.60 Å². The molecule has 0 saturated carbocycles. The summed E-state index contributed by atoms with van der Waals surface area (Å²) in [4.78, 5) is 0. The van der Waals surface area contributed by atoms with Crippen LogP contribution in [0.5, 0.6) is 0 Å². The third kappa shape index (κ3) is 4.63. The Labute approximate surface area is 82.3 Å². The minimum Gasteiger partial charge on any atom is -0.388 e. The van der Waals surface area contributed by atoms with Crippen molar-refractivity contribution in [3.05, 3.63) is 0 Å². The Morgan fingerprint density at radius 2 is 1.69 bits per heavy atom. The summed E-state index contributed by atoms with van der Waals surface area (Å²) in [5.41, 5.74) is -0.752. The molecule has 1 N–H and O–H groups in total. The average molecular weight is 188 g/mol. The average Bonchev–Trinajstić information content (AvgIpc) is 1.96. The van der Waals surface area contributed by atoms with Crippen molar-refractivity contribution in [2.75, 3.05) is 0 Å². The molecule has 2 atom stereocenters. The van der Waals surface area contributed by atoms with Gasteiger partial charge in [0.15, 0.2) is 0 Å². The van der Waals surface area contributed by atoms with Gasteiger partial charge < -0.3 is 9.84 Å². The second kappa shape index (κ2) is 4.97. The van der Waals surface area contributed by atoms with Crippen molar-refractivity contribution in [3.8, 4) is 0 Å². The van der Waals surface area contributed by atoms with Crippen molar-refractivity contribution < 1.29 is 9.84 Å². The number of hydrogen-bond donors (Lipinski definition) is 1. The molecule has 0 aliphatic rings. The molecule has 0 bridgehead atoms. The highest BCUT2D eigenvalue weighted by Gasteiger charge is 2.31. The Bertz CT molecular complexity index is 136. The van der Waals surface area contributed by atoms with Crippen LogP contribution in [-0.4, -0.2) is 22.9 Å². The summed E-state index contributed by atoms with van der Waals surface area (Å²) in [5, 5.41) is 9.87. The van der Waals surface area contributed by atoms with Crippen molar-refractivity contribution >= 4 is 0 Å². The van der Waals surface area contributed by atoms with E-state index in [0.717, 1.165) is 6.42 Å². The normalized spacial score (nSPS) is 17.5. The quantitative estimate of drug-likeness (QED) is 0.718. The number of ether oxygens (including phenoxy) is 1. The standard InChI is InChI=1S/C11H24O2/c1-7-9(4)13-10(8(2)3)11(5,6)12/h8-10,12H,7H2,1-6H3/t9?,10-/m0/s1. The van der Waals surface area contributed by atoms with Gasteiger partial charge in [0.25, 0.3) is 0 Å². The third-order valence-corrected chi connectivity index (χ3v) is 2.26. The topological polar surface area (TPSA) is 29.5 Å². The van der Waals surface area contributed by atoms with E-state index in [1.54, 1.807) is 13.8 Å². The second-order valence-electron chi connectivity index (χ2n) is 4.67. The van der Waals surface area contributed by atoms with Gasteiger partial charge in [-0.25, -0.2) is 0 Å². The monoisotopic (exact) mass is 188 g/mol. The molecule has 0 aromatic heterocycles. The zero-order valence-corrected chi connectivity index (χ0v) is 9.79. The van der Waals surface area contributed by atoms with Gasteiger partial charge in [-0.1, -0.05) is 20.8 Å². The van der Waals surface area contributed by atoms with E-state index in [1.807, 2.05) is 6.92 Å². The molecule has 0 amide bonds. The zero-order chi connectivity index (χ0) is 10.6. The fourth-order valence-corrected chi connectivity index (χ4v) is 1.49. The summed E-state index contributed by atoms with van der Waals surface area (Å²) >= 11 is 0. The third-order valence-electron chi connectivity index (χ3n) is 2.26. The summed E-state index contributed by atoms with van der Waals surface area (Å²) in [7, 11) is 0. The molecule has 0 rings (SSSR count). The summed E-state index contributed by atoms with van der Waals surface area (Å²) < 4.78 is 5.78. The SMILES string of the molecule is CCC(C)O[C@@H](C(C)C)C(C)(C)O. The van der Waals surface area contributed by atoms with Crippen molar-refractivity contribution in [2.45, 2.75) is 65.8 Å². The van der Waals surface area contributed by atoms with Gasteiger partial charge >= 0.3 is 0 Å². The highest BCUT2D eigenvalue weighted by atomic mass is 16.5. The van der Waals surface area contributed by atoms with E-state index in [9.17, 15) is 5.11 Å². The lowest BCUT2D eigenvalue weighted by Gasteiger charge is -2.34. The van der Waals surface area contributed by atoms with Gasteiger partial charge in [0.2, 0.25) is 0 Å². The Kier molecular flexibility index (Phi) is 4.93. The van der Waals surface area contributed by atoms with Gasteiger partial charge in [-0.3, -0.25) is 0 Å². The number of hydrogen-bond acceptors (Lipinski definition) is 2. The number of aliphatic hydroxyl groups is 1. The number of rotatable bonds is 5. The molecule has 0 saturated heterocycles. The van der Waals surface area contributed by atoms with Crippen LogP contribution < -0.4 is 0 Å². The van der Waals surface area contributed by atoms with Gasteiger partial charge in [-0.15, -0.1) is 0 Å². The minimum absolute atomic E-state index is 0.0811. The largest absolute Gasteiger partial charge is 0.388 e. The molecule has 1 unspecified atom stereocenters. The fraction of sp³-hybridized carbons (Fsp3) is 1.00. The van der Waals surface area contributed by atoms with Crippen LogP contribution in [0.4, 0.5) is 0 Å². The minimum atomic E-state index is -0.752. The molecule has 0 aliphatic heterocycles. The van der Waals surface area contributed by atoms with Crippen LogP contribution >= 0.6 is 0 Å². The Balaban J connectivity index is 4.28. The predicted octanol–water partition coefficient (Wildman–Crippen LogP) is 2.60. The van der Waals surface area contributed by atoms with Gasteiger partial charge in [0, 0.05) is 0 Å². The van der Waals surface area contributed by atoms with E-state index >= 15 is 0 Å². The fourth-order valence-electron chi connectivity index (χ4n) is 1.49. The first-order valence-corrected chi connectivity index (χ1v) is 5.16. The lowest BCUT2D eigenvalue weighted by atomic mass is 9.92. The highest BCUT2D eigenvalue weighted by molar-refractivity contribution is 4.81. The highest BCUT2D eigenvalue weighted by Crippen LogP contribution is 2.22. The Hall–Kier alpha value is -0.0800. The first-order valence-electron chi connectivity index (χ1n) is 5.16. The molecule has 2 nitrogen and oxygen atoms in total. The van der Waals surface area contributed by atoms with Gasteiger partial charge in [0.1, 0.15) is 0 Å². The molecule has 80 valence electrons. The van der Waals surface area contributed by atoms with Crippen LogP contribution in [0.1, 0.15) is 48.0 Å². The maximum absolute atomic E-state index is 9.87. The molecule has 0 fully saturated rings. The molecular weight excluding hydrogens is 164 g/mol. The lowest BCUT2D eigenvalue weighted by Crippen LogP contribution is -2.43. The first-order chi connectivity index (χ1) is 5.79. The summed E-state index contributed by atoms with van der Waals surface area (Å²) in [6.45, 7) is 11.9. The molecule has 0 radical (unpaired) electrons. The molecule has 0 heterocycles. The first kappa shape index (κ1) is 12.9. The Morgan fingerprint density at radius 3 is 1.92 bits per heavy atom.